The average Bonchev–Trinajstić information content (AvgIpc) is 3.04. The molecule has 0 saturated carbocycles. The van der Waals surface area contributed by atoms with Crippen molar-refractivity contribution in [1.82, 2.24) is 15.3 Å². The third-order valence-corrected chi connectivity index (χ3v) is 4.37. The summed E-state index contributed by atoms with van der Waals surface area (Å²) in [5.74, 6) is -0.366. The second kappa shape index (κ2) is 6.06. The molecular formula is C16H21N3O3. The Morgan fingerprint density at radius 1 is 1.27 bits per heavy atom. The standard InChI is InChI=1S/C16H21N3O3/c1-11(20)19-15(16(21)17-2)13-9-18(10-14(13)22-19)8-12-6-4-3-5-7-12/h3-7,13-15H,8-10H2,1-2H3,(H,17,21)/t13-,14+,15-/m0/s1. The minimum Gasteiger partial charge on any atom is -0.357 e. The number of hydrogen-bond donors (Lipinski definition) is 1. The number of nitrogens with zero attached hydrogens (tertiary/aromatic N) is 2. The Balaban J connectivity index is 1.71. The first-order valence-corrected chi connectivity index (χ1v) is 7.54. The summed E-state index contributed by atoms with van der Waals surface area (Å²) >= 11 is 0. The largest absolute Gasteiger partial charge is 0.357 e. The highest BCUT2D eigenvalue weighted by Gasteiger charge is 2.52. The van der Waals surface area contributed by atoms with E-state index in [1.165, 1.54) is 17.6 Å². The number of hydroxylamine groups is 2. The molecule has 22 heavy (non-hydrogen) atoms. The molecule has 2 heterocycles. The number of hydrogen-bond acceptors (Lipinski definition) is 4. The Bertz CT molecular complexity index is 563. The van der Waals surface area contributed by atoms with E-state index in [9.17, 15) is 9.59 Å². The fourth-order valence-corrected chi connectivity index (χ4v) is 3.37. The lowest BCUT2D eigenvalue weighted by Crippen LogP contribution is -2.48. The van der Waals surface area contributed by atoms with Crippen molar-refractivity contribution in [2.24, 2.45) is 5.92 Å². The highest BCUT2D eigenvalue weighted by atomic mass is 16.7. The molecule has 0 radical (unpaired) electrons. The summed E-state index contributed by atoms with van der Waals surface area (Å²) in [6.45, 7) is 3.74. The molecule has 0 aliphatic carbocycles. The summed E-state index contributed by atoms with van der Waals surface area (Å²) in [5.41, 5.74) is 1.24. The van der Waals surface area contributed by atoms with Crippen LogP contribution in [0.15, 0.2) is 30.3 Å². The number of benzene rings is 1. The summed E-state index contributed by atoms with van der Waals surface area (Å²) < 4.78 is 0. The lowest BCUT2D eigenvalue weighted by Gasteiger charge is -2.25. The molecule has 0 bridgehead atoms. The van der Waals surface area contributed by atoms with Gasteiger partial charge in [-0.05, 0) is 5.56 Å². The molecule has 1 aromatic rings. The SMILES string of the molecule is CNC(=O)[C@@H]1[C@H]2CN(Cc3ccccc3)C[C@H]2ON1C(C)=O. The van der Waals surface area contributed by atoms with Gasteiger partial charge in [0.25, 0.3) is 0 Å². The Morgan fingerprint density at radius 2 is 2.00 bits per heavy atom. The molecule has 0 aromatic heterocycles. The van der Waals surface area contributed by atoms with Gasteiger partial charge in [-0.3, -0.25) is 19.3 Å². The molecule has 3 rings (SSSR count). The van der Waals surface area contributed by atoms with Crippen molar-refractivity contribution in [1.29, 1.82) is 0 Å². The van der Waals surface area contributed by atoms with Crippen molar-refractivity contribution in [3.05, 3.63) is 35.9 Å². The predicted molar refractivity (Wildman–Crippen MR) is 80.5 cm³/mol. The highest BCUT2D eigenvalue weighted by molar-refractivity contribution is 5.87. The molecule has 3 atom stereocenters. The summed E-state index contributed by atoms with van der Waals surface area (Å²) in [4.78, 5) is 31.8. The number of fused-ring (bicyclic) bond motifs is 1. The number of nitrogens with one attached hydrogen (secondary N) is 1. The second-order valence-electron chi connectivity index (χ2n) is 5.89. The van der Waals surface area contributed by atoms with Gasteiger partial charge >= 0.3 is 0 Å². The minimum atomic E-state index is -0.534. The van der Waals surface area contributed by atoms with E-state index in [1.807, 2.05) is 18.2 Å². The quantitative estimate of drug-likeness (QED) is 0.878. The molecule has 118 valence electrons. The third kappa shape index (κ3) is 2.71. The van der Waals surface area contributed by atoms with E-state index in [-0.39, 0.29) is 23.8 Å². The van der Waals surface area contributed by atoms with Crippen molar-refractivity contribution >= 4 is 11.8 Å². The van der Waals surface area contributed by atoms with Crippen molar-refractivity contribution in [2.45, 2.75) is 25.6 Å². The van der Waals surface area contributed by atoms with Crippen LogP contribution in [0, 0.1) is 5.92 Å². The van der Waals surface area contributed by atoms with Gasteiger partial charge in [0, 0.05) is 39.5 Å². The van der Waals surface area contributed by atoms with Gasteiger partial charge in [-0.1, -0.05) is 30.3 Å². The zero-order chi connectivity index (χ0) is 15.7. The molecular weight excluding hydrogens is 282 g/mol. The predicted octanol–water partition coefficient (Wildman–Crippen LogP) is 0.395. The third-order valence-electron chi connectivity index (χ3n) is 4.37. The van der Waals surface area contributed by atoms with Gasteiger partial charge in [-0.15, -0.1) is 0 Å². The van der Waals surface area contributed by atoms with Crippen LogP contribution < -0.4 is 5.32 Å². The van der Waals surface area contributed by atoms with Crippen molar-refractivity contribution in [3.8, 4) is 0 Å². The Morgan fingerprint density at radius 3 is 2.64 bits per heavy atom. The van der Waals surface area contributed by atoms with E-state index in [4.69, 9.17) is 4.84 Å². The zero-order valence-corrected chi connectivity index (χ0v) is 12.9. The number of carbonyl (C=O) groups is 2. The molecule has 0 unspecified atom stereocenters. The Hall–Kier alpha value is -1.92. The van der Waals surface area contributed by atoms with E-state index in [0.717, 1.165) is 19.6 Å². The smallest absolute Gasteiger partial charge is 0.245 e. The van der Waals surface area contributed by atoms with Crippen LogP contribution in [0.2, 0.25) is 0 Å². The number of amides is 2. The topological polar surface area (TPSA) is 61.9 Å². The Labute approximate surface area is 130 Å². The molecule has 2 aliphatic rings. The van der Waals surface area contributed by atoms with E-state index in [0.29, 0.717) is 0 Å². The summed E-state index contributed by atoms with van der Waals surface area (Å²) in [7, 11) is 1.59. The number of carbonyl (C=O) groups excluding carboxylic acids is 2. The second-order valence-corrected chi connectivity index (χ2v) is 5.89. The number of likely N-dealkylation sites (tertiary alicyclic amines) is 1. The molecule has 2 saturated heterocycles. The molecule has 1 N–H and O–H groups in total. The summed E-state index contributed by atoms with van der Waals surface area (Å²) in [5, 5.41) is 3.88. The van der Waals surface area contributed by atoms with E-state index in [2.05, 4.69) is 22.3 Å². The molecule has 6 nitrogen and oxygen atoms in total. The van der Waals surface area contributed by atoms with Crippen molar-refractivity contribution < 1.29 is 14.4 Å². The molecule has 1 aromatic carbocycles. The molecule has 2 fully saturated rings. The van der Waals surface area contributed by atoms with Crippen LogP contribution in [0.1, 0.15) is 12.5 Å². The van der Waals surface area contributed by atoms with Gasteiger partial charge in [0.2, 0.25) is 11.8 Å². The maximum Gasteiger partial charge on any atom is 0.245 e. The molecule has 6 heteroatoms. The van der Waals surface area contributed by atoms with Gasteiger partial charge in [0.05, 0.1) is 0 Å². The molecule has 2 aliphatic heterocycles. The van der Waals surface area contributed by atoms with E-state index in [1.54, 1.807) is 7.05 Å². The minimum absolute atomic E-state index is 0.0209. The lowest BCUT2D eigenvalue weighted by atomic mass is 9.97. The number of likely N-dealkylation sites (N-methyl/N-ethyl adjacent to an activating group) is 1. The van der Waals surface area contributed by atoms with Gasteiger partial charge in [0.15, 0.2) is 0 Å². The zero-order valence-electron chi connectivity index (χ0n) is 12.9. The molecule has 0 spiro atoms. The summed E-state index contributed by atoms with van der Waals surface area (Å²) in [6, 6.07) is 9.69. The van der Waals surface area contributed by atoms with Crippen molar-refractivity contribution in [2.75, 3.05) is 20.1 Å². The first-order chi connectivity index (χ1) is 10.6. The summed E-state index contributed by atoms with van der Waals surface area (Å²) in [6.07, 6.45) is -0.102. The fourth-order valence-electron chi connectivity index (χ4n) is 3.37. The number of rotatable bonds is 3. The van der Waals surface area contributed by atoms with Crippen LogP contribution in [0.4, 0.5) is 0 Å². The van der Waals surface area contributed by atoms with Crippen molar-refractivity contribution in [3.63, 3.8) is 0 Å². The van der Waals surface area contributed by atoms with Gasteiger partial charge in [0.1, 0.15) is 12.1 Å². The van der Waals surface area contributed by atoms with Crippen LogP contribution in [0.3, 0.4) is 0 Å². The maximum absolute atomic E-state index is 12.1. The van der Waals surface area contributed by atoms with Gasteiger partial charge in [-0.2, -0.15) is 0 Å². The first-order valence-electron chi connectivity index (χ1n) is 7.54. The Kier molecular flexibility index (Phi) is 4.13. The average molecular weight is 303 g/mol. The van der Waals surface area contributed by atoms with Crippen LogP contribution in [-0.4, -0.2) is 54.1 Å². The first kappa shape index (κ1) is 15.0. The van der Waals surface area contributed by atoms with Crippen LogP contribution in [0.5, 0.6) is 0 Å². The van der Waals surface area contributed by atoms with E-state index < -0.39 is 6.04 Å². The van der Waals surface area contributed by atoms with Gasteiger partial charge in [-0.25, -0.2) is 5.06 Å². The normalized spacial score (nSPS) is 27.7. The van der Waals surface area contributed by atoms with Crippen LogP contribution in [0.25, 0.3) is 0 Å². The van der Waals surface area contributed by atoms with Gasteiger partial charge < -0.3 is 5.32 Å². The van der Waals surface area contributed by atoms with Crippen LogP contribution >= 0.6 is 0 Å². The van der Waals surface area contributed by atoms with Crippen LogP contribution in [-0.2, 0) is 21.0 Å². The monoisotopic (exact) mass is 303 g/mol. The lowest BCUT2D eigenvalue weighted by molar-refractivity contribution is -0.188. The van der Waals surface area contributed by atoms with E-state index >= 15 is 0 Å². The fraction of sp³-hybridized carbons (Fsp3) is 0.500. The highest BCUT2D eigenvalue weighted by Crippen LogP contribution is 2.34. The maximum atomic E-state index is 12.1. The molecule has 2 amide bonds.